The lowest BCUT2D eigenvalue weighted by Crippen LogP contribution is -2.54. The van der Waals surface area contributed by atoms with E-state index in [1.807, 2.05) is 7.05 Å². The Kier molecular flexibility index (Phi) is 7.63. The van der Waals surface area contributed by atoms with Crippen molar-refractivity contribution in [2.24, 2.45) is 4.99 Å². The summed E-state index contributed by atoms with van der Waals surface area (Å²) in [6.45, 7) is 6.83. The van der Waals surface area contributed by atoms with Crippen LogP contribution in [-0.2, 0) is 13.0 Å². The molecule has 29 heavy (non-hydrogen) atoms. The first kappa shape index (κ1) is 21.3. The Morgan fingerprint density at radius 2 is 1.97 bits per heavy atom. The number of aryl methyl sites for hydroxylation is 1. The highest BCUT2D eigenvalue weighted by Crippen LogP contribution is 2.31. The fraction of sp³-hybridized carbons (Fsp3) is 0.591. The molecule has 2 aromatic rings. The second-order valence-corrected chi connectivity index (χ2v) is 7.91. The van der Waals surface area contributed by atoms with Gasteiger partial charge in [0.2, 0.25) is 0 Å². The van der Waals surface area contributed by atoms with Gasteiger partial charge in [-0.2, -0.15) is 0 Å². The van der Waals surface area contributed by atoms with Crippen LogP contribution in [0.2, 0.25) is 0 Å². The van der Waals surface area contributed by atoms with Gasteiger partial charge in [0.15, 0.2) is 5.96 Å². The molecule has 1 aliphatic carbocycles. The summed E-state index contributed by atoms with van der Waals surface area (Å²) < 4.78 is 2.09. The van der Waals surface area contributed by atoms with Crippen molar-refractivity contribution in [3.8, 4) is 0 Å². The first-order chi connectivity index (χ1) is 14.2. The van der Waals surface area contributed by atoms with Crippen molar-refractivity contribution in [3.63, 3.8) is 0 Å². The summed E-state index contributed by atoms with van der Waals surface area (Å²) in [7, 11) is 1.83. The number of hydrogen-bond donors (Lipinski definition) is 3. The molecule has 7 heteroatoms. The number of nitrogens with zero attached hydrogens (tertiary/aromatic N) is 4. The minimum atomic E-state index is 0.108. The third-order valence-electron chi connectivity index (χ3n) is 5.86. The highest BCUT2D eigenvalue weighted by atomic mass is 15.3. The number of benzene rings is 1. The highest BCUT2D eigenvalue weighted by molar-refractivity contribution is 5.79. The van der Waals surface area contributed by atoms with Crippen molar-refractivity contribution in [3.05, 3.63) is 48.0 Å². The summed E-state index contributed by atoms with van der Waals surface area (Å²) >= 11 is 0. The normalized spacial score (nSPS) is 17.3. The summed E-state index contributed by atoms with van der Waals surface area (Å²) in [5.41, 5.74) is 1.44. The van der Waals surface area contributed by atoms with Crippen LogP contribution < -0.4 is 16.0 Å². The Balaban J connectivity index is 1.52. The molecule has 0 saturated heterocycles. The number of rotatable bonds is 9. The molecule has 0 amide bonds. The van der Waals surface area contributed by atoms with Crippen molar-refractivity contribution < 1.29 is 0 Å². The molecule has 1 aromatic carbocycles. The molecular formula is C22H35N7. The van der Waals surface area contributed by atoms with Crippen LogP contribution in [0.15, 0.2) is 41.7 Å². The SMILES string of the molecule is CCc1nncn1CCNC(=NC)NCC1(NC(C)c2ccccc2)CCCC1. The van der Waals surface area contributed by atoms with Crippen molar-refractivity contribution in [1.29, 1.82) is 0 Å². The Hall–Kier alpha value is -2.41. The van der Waals surface area contributed by atoms with E-state index in [0.717, 1.165) is 37.8 Å². The zero-order valence-corrected chi connectivity index (χ0v) is 18.0. The quantitative estimate of drug-likeness (QED) is 0.448. The van der Waals surface area contributed by atoms with Crippen molar-refractivity contribution in [2.75, 3.05) is 20.1 Å². The second kappa shape index (κ2) is 10.4. The molecule has 0 radical (unpaired) electrons. The lowest BCUT2D eigenvalue weighted by atomic mass is 9.94. The van der Waals surface area contributed by atoms with Crippen LogP contribution in [0.25, 0.3) is 0 Å². The Morgan fingerprint density at radius 3 is 2.66 bits per heavy atom. The molecule has 0 spiro atoms. The van der Waals surface area contributed by atoms with Gasteiger partial charge in [-0.05, 0) is 25.3 Å². The van der Waals surface area contributed by atoms with Crippen molar-refractivity contribution in [1.82, 2.24) is 30.7 Å². The number of hydrogen-bond acceptors (Lipinski definition) is 4. The number of guanidine groups is 1. The lowest BCUT2D eigenvalue weighted by molar-refractivity contribution is 0.297. The average molecular weight is 398 g/mol. The van der Waals surface area contributed by atoms with Crippen LogP contribution in [0, 0.1) is 0 Å². The summed E-state index contributed by atoms with van der Waals surface area (Å²) in [4.78, 5) is 4.40. The fourth-order valence-electron chi connectivity index (χ4n) is 4.22. The van der Waals surface area contributed by atoms with Gasteiger partial charge in [0.25, 0.3) is 0 Å². The van der Waals surface area contributed by atoms with E-state index in [1.54, 1.807) is 6.33 Å². The molecule has 1 heterocycles. The Morgan fingerprint density at radius 1 is 1.21 bits per heavy atom. The summed E-state index contributed by atoms with van der Waals surface area (Å²) in [5, 5.41) is 19.0. The van der Waals surface area contributed by atoms with Crippen LogP contribution in [0.1, 0.15) is 57.0 Å². The predicted octanol–water partition coefficient (Wildman–Crippen LogP) is 2.67. The van der Waals surface area contributed by atoms with Gasteiger partial charge in [-0.3, -0.25) is 4.99 Å². The number of aromatic nitrogens is 3. The molecule has 1 unspecified atom stereocenters. The Labute approximate surface area is 174 Å². The van der Waals surface area contributed by atoms with Gasteiger partial charge in [-0.25, -0.2) is 0 Å². The standard InChI is InChI=1S/C22H35N7/c1-4-20-28-26-17-29(20)15-14-24-21(23-3)25-16-22(12-8-9-13-22)27-18(2)19-10-6-5-7-11-19/h5-7,10-11,17-18,27H,4,8-9,12-16H2,1-3H3,(H2,23,24,25). The molecule has 3 N–H and O–H groups in total. The van der Waals surface area contributed by atoms with E-state index in [9.17, 15) is 0 Å². The summed E-state index contributed by atoms with van der Waals surface area (Å²) in [6, 6.07) is 11.0. The zero-order valence-electron chi connectivity index (χ0n) is 18.0. The van der Waals surface area contributed by atoms with E-state index in [0.29, 0.717) is 6.04 Å². The average Bonchev–Trinajstić information content (AvgIpc) is 3.40. The van der Waals surface area contributed by atoms with E-state index in [1.165, 1.54) is 31.2 Å². The predicted molar refractivity (Wildman–Crippen MR) is 118 cm³/mol. The molecule has 158 valence electrons. The largest absolute Gasteiger partial charge is 0.355 e. The molecule has 1 saturated carbocycles. The summed E-state index contributed by atoms with van der Waals surface area (Å²) in [6.07, 6.45) is 7.61. The van der Waals surface area contributed by atoms with Gasteiger partial charge in [-0.1, -0.05) is 50.1 Å². The van der Waals surface area contributed by atoms with Gasteiger partial charge in [-0.15, -0.1) is 10.2 Å². The molecule has 1 aromatic heterocycles. The van der Waals surface area contributed by atoms with Crippen LogP contribution >= 0.6 is 0 Å². The first-order valence-corrected chi connectivity index (χ1v) is 10.8. The minimum absolute atomic E-state index is 0.108. The van der Waals surface area contributed by atoms with Gasteiger partial charge in [0.05, 0.1) is 0 Å². The topological polar surface area (TPSA) is 79.2 Å². The Bertz CT molecular complexity index is 762. The van der Waals surface area contributed by atoms with E-state index >= 15 is 0 Å². The third-order valence-corrected chi connectivity index (χ3v) is 5.86. The van der Waals surface area contributed by atoms with Crippen LogP contribution in [0.3, 0.4) is 0 Å². The molecule has 1 fully saturated rings. The lowest BCUT2D eigenvalue weighted by Gasteiger charge is -2.35. The highest BCUT2D eigenvalue weighted by Gasteiger charge is 2.35. The molecule has 0 bridgehead atoms. The monoisotopic (exact) mass is 397 g/mol. The maximum atomic E-state index is 4.40. The minimum Gasteiger partial charge on any atom is -0.355 e. The maximum absolute atomic E-state index is 4.40. The second-order valence-electron chi connectivity index (χ2n) is 7.91. The van der Waals surface area contributed by atoms with Crippen molar-refractivity contribution in [2.45, 2.75) is 64.1 Å². The number of aliphatic imine (C=N–C) groups is 1. The number of nitrogens with one attached hydrogen (secondary N) is 3. The van der Waals surface area contributed by atoms with Crippen LogP contribution in [0.4, 0.5) is 0 Å². The molecule has 1 atom stereocenters. The third kappa shape index (κ3) is 5.79. The summed E-state index contributed by atoms with van der Waals surface area (Å²) in [5.74, 6) is 1.86. The molecule has 0 aliphatic heterocycles. The zero-order chi connectivity index (χ0) is 20.5. The molecule has 1 aliphatic rings. The van der Waals surface area contributed by atoms with E-state index in [-0.39, 0.29) is 5.54 Å². The van der Waals surface area contributed by atoms with Gasteiger partial charge < -0.3 is 20.5 Å². The van der Waals surface area contributed by atoms with E-state index in [4.69, 9.17) is 0 Å². The van der Waals surface area contributed by atoms with E-state index < -0.39 is 0 Å². The van der Waals surface area contributed by atoms with Gasteiger partial charge in [0, 0.05) is 44.7 Å². The van der Waals surface area contributed by atoms with E-state index in [2.05, 4.69) is 79.9 Å². The molecule has 7 nitrogen and oxygen atoms in total. The van der Waals surface area contributed by atoms with Crippen molar-refractivity contribution >= 4 is 5.96 Å². The maximum Gasteiger partial charge on any atom is 0.191 e. The smallest absolute Gasteiger partial charge is 0.191 e. The molecular weight excluding hydrogens is 362 g/mol. The fourth-order valence-corrected chi connectivity index (χ4v) is 4.22. The molecule has 3 rings (SSSR count). The van der Waals surface area contributed by atoms with Crippen LogP contribution in [-0.4, -0.2) is 46.4 Å². The van der Waals surface area contributed by atoms with Crippen LogP contribution in [0.5, 0.6) is 0 Å². The van der Waals surface area contributed by atoms with Gasteiger partial charge >= 0.3 is 0 Å². The first-order valence-electron chi connectivity index (χ1n) is 10.8. The van der Waals surface area contributed by atoms with Gasteiger partial charge in [0.1, 0.15) is 12.2 Å².